The number of ketones is 1. The van der Waals surface area contributed by atoms with Crippen LogP contribution in [-0.4, -0.2) is 100 Å². The third-order valence-corrected chi connectivity index (χ3v) is 11.3. The molecule has 55 heavy (non-hydrogen) atoms. The summed E-state index contributed by atoms with van der Waals surface area (Å²) in [7, 11) is 0. The molecular formula is C40H64F2N6O7. The molecule has 0 radical (unpaired) electrons. The van der Waals surface area contributed by atoms with E-state index >= 15 is 8.78 Å². The molecule has 310 valence electrons. The summed E-state index contributed by atoms with van der Waals surface area (Å²) in [6.45, 7) is 13.8. The number of fused-ring (bicyclic) bond motifs is 1. The number of rotatable bonds is 9. The lowest BCUT2D eigenvalue weighted by Crippen LogP contribution is -2.58. The van der Waals surface area contributed by atoms with Crippen LogP contribution in [0.4, 0.5) is 13.6 Å². The van der Waals surface area contributed by atoms with Crippen LogP contribution in [0.15, 0.2) is 0 Å². The molecule has 0 aromatic rings. The number of nitrogens with one attached hydrogen (secondary N) is 4. The highest BCUT2D eigenvalue weighted by Gasteiger charge is 2.45. The number of Topliss-reactive ketones (excluding diaryl/α,β-unsaturated/α-hetero) is 1. The van der Waals surface area contributed by atoms with Crippen molar-refractivity contribution in [1.29, 1.82) is 0 Å². The number of nitrogens with zero attached hydrogens (tertiary/aromatic N) is 2. The second-order valence-electron chi connectivity index (χ2n) is 18.8. The first-order valence-electron chi connectivity index (χ1n) is 20.3. The molecule has 4 N–H and O–H groups in total. The number of amides is 7. The van der Waals surface area contributed by atoms with Crippen LogP contribution in [-0.2, 0) is 28.8 Å². The molecule has 7 amide bonds. The molecule has 0 bridgehead atoms. The SMILES string of the molecule is CC(C)[C@@H]1C[C@H]2C(=O)N[C@H](C(=O)C(=O)NC3CC3)CCC(F)(F)CCCCCC[C@H](NC(=O)NC(CN3C(=O)CC(C)(C)CC3=O)CC(C)(C)C)C(=O)N2C1. The van der Waals surface area contributed by atoms with E-state index in [1.54, 1.807) is 0 Å². The van der Waals surface area contributed by atoms with Gasteiger partial charge in [0.25, 0.3) is 5.91 Å². The van der Waals surface area contributed by atoms with Crippen LogP contribution in [0.1, 0.15) is 138 Å². The highest BCUT2D eigenvalue weighted by atomic mass is 19.3. The van der Waals surface area contributed by atoms with E-state index in [1.165, 1.54) is 9.80 Å². The minimum absolute atomic E-state index is 0.0231. The lowest BCUT2D eigenvalue weighted by molar-refractivity contribution is -0.153. The second kappa shape index (κ2) is 18.1. The molecule has 3 aliphatic heterocycles. The van der Waals surface area contributed by atoms with Gasteiger partial charge in [0.15, 0.2) is 0 Å². The number of hydrogen-bond acceptors (Lipinski definition) is 7. The molecule has 13 nitrogen and oxygen atoms in total. The van der Waals surface area contributed by atoms with Crippen molar-refractivity contribution >= 4 is 41.4 Å². The summed E-state index contributed by atoms with van der Waals surface area (Å²) in [5.41, 5.74) is -0.756. The van der Waals surface area contributed by atoms with Crippen molar-refractivity contribution in [2.75, 3.05) is 13.1 Å². The fourth-order valence-electron chi connectivity index (χ4n) is 7.97. The number of carbonyl (C=O) groups excluding carboxylic acids is 7. The van der Waals surface area contributed by atoms with Crippen LogP contribution < -0.4 is 21.3 Å². The van der Waals surface area contributed by atoms with Crippen LogP contribution in [0.3, 0.4) is 0 Å². The van der Waals surface area contributed by atoms with Crippen LogP contribution in [0.5, 0.6) is 0 Å². The van der Waals surface area contributed by atoms with Gasteiger partial charge >= 0.3 is 6.03 Å². The maximum Gasteiger partial charge on any atom is 0.315 e. The fraction of sp³-hybridized carbons (Fsp3) is 0.825. The summed E-state index contributed by atoms with van der Waals surface area (Å²) in [6, 6.07) is -5.08. The van der Waals surface area contributed by atoms with Crippen LogP contribution in [0.25, 0.3) is 0 Å². The summed E-state index contributed by atoms with van der Waals surface area (Å²) in [5, 5.41) is 10.9. The number of piperidine rings is 1. The lowest BCUT2D eigenvalue weighted by Gasteiger charge is -2.37. The average molecular weight is 779 g/mol. The van der Waals surface area contributed by atoms with Crippen LogP contribution in [0, 0.1) is 22.7 Å². The highest BCUT2D eigenvalue weighted by molar-refractivity contribution is 6.38. The molecule has 5 atom stereocenters. The maximum atomic E-state index is 15.0. The van der Waals surface area contributed by atoms with Crippen molar-refractivity contribution in [3.8, 4) is 0 Å². The quantitative estimate of drug-likeness (QED) is 0.195. The first kappa shape index (κ1) is 44.1. The zero-order valence-corrected chi connectivity index (χ0v) is 33.9. The molecule has 1 unspecified atom stereocenters. The van der Waals surface area contributed by atoms with Crippen LogP contribution in [0.2, 0.25) is 0 Å². The molecule has 0 aromatic heterocycles. The molecule has 3 heterocycles. The maximum absolute atomic E-state index is 15.0. The van der Waals surface area contributed by atoms with Crippen molar-refractivity contribution < 1.29 is 42.3 Å². The van der Waals surface area contributed by atoms with Gasteiger partial charge in [-0.3, -0.25) is 33.7 Å². The average Bonchev–Trinajstić information content (AvgIpc) is 3.75. The van der Waals surface area contributed by atoms with Gasteiger partial charge in [-0.1, -0.05) is 67.7 Å². The Kier molecular flexibility index (Phi) is 14.5. The summed E-state index contributed by atoms with van der Waals surface area (Å²) in [4.78, 5) is 96.9. The minimum Gasteiger partial charge on any atom is -0.347 e. The normalized spacial score (nSPS) is 27.6. The van der Waals surface area contributed by atoms with Gasteiger partial charge in [-0.2, -0.15) is 0 Å². The first-order valence-corrected chi connectivity index (χ1v) is 20.3. The van der Waals surface area contributed by atoms with Crippen molar-refractivity contribution in [2.45, 2.75) is 174 Å². The third kappa shape index (κ3) is 13.2. The van der Waals surface area contributed by atoms with E-state index in [4.69, 9.17) is 0 Å². The Morgan fingerprint density at radius 2 is 1.53 bits per heavy atom. The Labute approximate surface area is 324 Å². The summed E-state index contributed by atoms with van der Waals surface area (Å²) >= 11 is 0. The standard InChI is InChI=1S/C40H64F2N6O7/c1-24(2)25-18-30-34(52)45-28(33(51)35(53)43-26-13-14-26)15-17-40(41,42)16-11-9-8-10-12-29(36(54)47(30)22-25)46-37(55)44-27(19-38(3,4)5)23-48-31(49)20-39(6,7)21-32(48)50/h24-30H,8-23H2,1-7H3,(H,43,53)(H,45,52)(H2,44,46,55)/t25-,27?,28+,29+,30+/m1/s1. The van der Waals surface area contributed by atoms with E-state index in [0.717, 1.165) is 0 Å². The van der Waals surface area contributed by atoms with Gasteiger partial charge in [0.05, 0.1) is 6.04 Å². The lowest BCUT2D eigenvalue weighted by atomic mass is 9.81. The van der Waals surface area contributed by atoms with Gasteiger partial charge in [0.2, 0.25) is 35.3 Å². The molecular weight excluding hydrogens is 714 g/mol. The van der Waals surface area contributed by atoms with E-state index in [2.05, 4.69) is 21.3 Å². The Morgan fingerprint density at radius 1 is 0.891 bits per heavy atom. The first-order chi connectivity index (χ1) is 25.5. The van der Waals surface area contributed by atoms with Gasteiger partial charge < -0.3 is 26.2 Å². The molecule has 0 aromatic carbocycles. The van der Waals surface area contributed by atoms with E-state index in [1.807, 2.05) is 48.5 Å². The Hall–Kier alpha value is -3.65. The molecule has 4 rings (SSSR count). The Bertz CT molecular complexity index is 1440. The molecule has 4 aliphatic rings. The zero-order chi connectivity index (χ0) is 40.9. The van der Waals surface area contributed by atoms with Crippen molar-refractivity contribution in [2.24, 2.45) is 22.7 Å². The van der Waals surface area contributed by atoms with Gasteiger partial charge in [0, 0.05) is 50.9 Å². The van der Waals surface area contributed by atoms with E-state index in [0.29, 0.717) is 38.5 Å². The molecule has 15 heteroatoms. The van der Waals surface area contributed by atoms with Crippen molar-refractivity contribution in [1.82, 2.24) is 31.1 Å². The topological polar surface area (TPSA) is 174 Å². The number of halogens is 2. The van der Waals surface area contributed by atoms with E-state index < -0.39 is 84.3 Å². The van der Waals surface area contributed by atoms with Gasteiger partial charge in [-0.05, 0) is 67.6 Å². The summed E-state index contributed by atoms with van der Waals surface area (Å²) in [6.07, 6.45) is 2.75. The molecule has 1 aliphatic carbocycles. The number of carbonyl (C=O) groups is 7. The summed E-state index contributed by atoms with van der Waals surface area (Å²) in [5.74, 6) is -6.88. The Balaban J connectivity index is 1.57. The predicted octanol–water partition coefficient (Wildman–Crippen LogP) is 4.61. The fourth-order valence-corrected chi connectivity index (χ4v) is 7.97. The van der Waals surface area contributed by atoms with Gasteiger partial charge in [0.1, 0.15) is 12.1 Å². The summed E-state index contributed by atoms with van der Waals surface area (Å²) < 4.78 is 30.1. The van der Waals surface area contributed by atoms with Crippen LogP contribution >= 0.6 is 0 Å². The molecule has 3 saturated heterocycles. The third-order valence-electron chi connectivity index (χ3n) is 11.3. The largest absolute Gasteiger partial charge is 0.347 e. The Morgan fingerprint density at radius 3 is 2.13 bits per heavy atom. The number of alkyl halides is 2. The van der Waals surface area contributed by atoms with E-state index in [-0.39, 0.29) is 80.3 Å². The predicted molar refractivity (Wildman–Crippen MR) is 201 cm³/mol. The van der Waals surface area contributed by atoms with Crippen molar-refractivity contribution in [3.05, 3.63) is 0 Å². The van der Waals surface area contributed by atoms with Gasteiger partial charge in [-0.25, -0.2) is 13.6 Å². The van der Waals surface area contributed by atoms with Crippen molar-refractivity contribution in [3.63, 3.8) is 0 Å². The second-order valence-corrected chi connectivity index (χ2v) is 18.8. The zero-order valence-electron chi connectivity index (χ0n) is 33.9. The number of hydrogen-bond donors (Lipinski definition) is 4. The number of likely N-dealkylation sites (tertiary alicyclic amines) is 1. The van der Waals surface area contributed by atoms with E-state index in [9.17, 15) is 33.6 Å². The smallest absolute Gasteiger partial charge is 0.315 e. The van der Waals surface area contributed by atoms with Gasteiger partial charge in [-0.15, -0.1) is 0 Å². The number of imide groups is 1. The highest BCUT2D eigenvalue weighted by Crippen LogP contribution is 2.34. The molecule has 4 fully saturated rings. The number of urea groups is 1. The minimum atomic E-state index is -3.11. The monoisotopic (exact) mass is 778 g/mol. The molecule has 1 saturated carbocycles. The molecule has 0 spiro atoms.